The average molecular weight is 335 g/mol. The van der Waals surface area contributed by atoms with Crippen molar-refractivity contribution >= 4 is 10.9 Å². The van der Waals surface area contributed by atoms with E-state index >= 15 is 0 Å². The summed E-state index contributed by atoms with van der Waals surface area (Å²) in [5, 5.41) is 0. The fraction of sp³-hybridized carbons (Fsp3) is 0. The van der Waals surface area contributed by atoms with E-state index in [2.05, 4.69) is 0 Å². The van der Waals surface area contributed by atoms with Crippen molar-refractivity contribution in [2.45, 2.75) is 14.7 Å². The molecule has 3 rings (SSSR count). The first-order valence-corrected chi connectivity index (χ1v) is 7.98. The molecule has 0 amide bonds. The Balaban J connectivity index is 2.22. The van der Waals surface area contributed by atoms with Gasteiger partial charge >= 0.3 is 0 Å². The van der Waals surface area contributed by atoms with Gasteiger partial charge in [0.1, 0.15) is 22.5 Å². The molecule has 0 radical (unpaired) electrons. The molecule has 0 N–H and O–H groups in total. The van der Waals surface area contributed by atoms with Gasteiger partial charge in [-0.2, -0.15) is 0 Å². The summed E-state index contributed by atoms with van der Waals surface area (Å²) in [5.41, 5.74) is 0. The molecule has 23 heavy (non-hydrogen) atoms. The molecule has 116 valence electrons. The lowest BCUT2D eigenvalue weighted by Crippen LogP contribution is -2.09. The van der Waals surface area contributed by atoms with Crippen molar-refractivity contribution in [1.29, 1.82) is 0 Å². The first-order chi connectivity index (χ1) is 11.1. The molecule has 0 aliphatic rings. The van der Waals surface area contributed by atoms with Crippen LogP contribution in [0.3, 0.4) is 0 Å². The summed E-state index contributed by atoms with van der Waals surface area (Å²) in [6, 6.07) is 15.1. The van der Waals surface area contributed by atoms with E-state index < -0.39 is 34.2 Å². The molecule has 0 aliphatic heterocycles. The van der Waals surface area contributed by atoms with Crippen LogP contribution in [0.4, 0.5) is 17.6 Å². The van der Waals surface area contributed by atoms with Gasteiger partial charge in [0.15, 0.2) is 16.5 Å². The zero-order valence-corrected chi connectivity index (χ0v) is 12.6. The van der Waals surface area contributed by atoms with E-state index in [1.165, 1.54) is 12.1 Å². The van der Waals surface area contributed by atoms with Crippen LogP contribution in [0.25, 0.3) is 0 Å². The highest BCUT2D eigenvalue weighted by molar-refractivity contribution is 7.97. The Hall–Kier alpha value is -2.27. The second-order valence-electron chi connectivity index (χ2n) is 4.77. The van der Waals surface area contributed by atoms with Gasteiger partial charge in [0, 0.05) is 24.3 Å². The van der Waals surface area contributed by atoms with Gasteiger partial charge in [-0.3, -0.25) is 0 Å². The van der Waals surface area contributed by atoms with Crippen molar-refractivity contribution in [3.8, 4) is 0 Å². The Kier molecular flexibility index (Phi) is 4.39. The highest BCUT2D eigenvalue weighted by Gasteiger charge is 2.34. The van der Waals surface area contributed by atoms with Crippen LogP contribution in [0, 0.1) is 23.3 Å². The molecule has 0 heterocycles. The smallest absolute Gasteiger partial charge is 0.202 e. The summed E-state index contributed by atoms with van der Waals surface area (Å²) in [5.74, 6) is -2.94. The normalized spacial score (nSPS) is 11.0. The van der Waals surface area contributed by atoms with E-state index in [-0.39, 0.29) is 9.79 Å². The van der Waals surface area contributed by atoms with Gasteiger partial charge in [0.05, 0.1) is 0 Å². The van der Waals surface area contributed by atoms with E-state index in [0.717, 1.165) is 24.3 Å². The monoisotopic (exact) mass is 335 g/mol. The molecule has 5 heteroatoms. The molecular formula is C18H11F4S+. The lowest BCUT2D eigenvalue weighted by atomic mass is 10.3. The van der Waals surface area contributed by atoms with E-state index in [1.807, 2.05) is 0 Å². The van der Waals surface area contributed by atoms with E-state index in [4.69, 9.17) is 0 Å². The van der Waals surface area contributed by atoms with Crippen molar-refractivity contribution in [1.82, 2.24) is 0 Å². The molecular weight excluding hydrogens is 324 g/mol. The summed E-state index contributed by atoms with van der Waals surface area (Å²) in [7, 11) is -1.14. The second kappa shape index (κ2) is 6.46. The van der Waals surface area contributed by atoms with Gasteiger partial charge in [0.2, 0.25) is 9.79 Å². The van der Waals surface area contributed by atoms with Crippen molar-refractivity contribution < 1.29 is 17.6 Å². The predicted molar refractivity (Wildman–Crippen MR) is 81.3 cm³/mol. The Labute approximate surface area is 133 Å². The Morgan fingerprint density at radius 3 is 1.48 bits per heavy atom. The molecule has 0 atom stereocenters. The third kappa shape index (κ3) is 3.24. The Morgan fingerprint density at radius 1 is 0.565 bits per heavy atom. The van der Waals surface area contributed by atoms with Crippen LogP contribution in [0.5, 0.6) is 0 Å². The lowest BCUT2D eigenvalue weighted by Gasteiger charge is -2.09. The van der Waals surface area contributed by atoms with Gasteiger partial charge < -0.3 is 0 Å². The maximum atomic E-state index is 14.3. The lowest BCUT2D eigenvalue weighted by molar-refractivity contribution is 0.560. The van der Waals surface area contributed by atoms with Gasteiger partial charge in [-0.15, -0.1) is 0 Å². The second-order valence-corrected chi connectivity index (χ2v) is 6.73. The van der Waals surface area contributed by atoms with Gasteiger partial charge in [-0.05, 0) is 24.3 Å². The molecule has 0 aromatic heterocycles. The molecule has 0 spiro atoms. The summed E-state index contributed by atoms with van der Waals surface area (Å²) >= 11 is 0. The van der Waals surface area contributed by atoms with Crippen LogP contribution in [0.2, 0.25) is 0 Å². The van der Waals surface area contributed by atoms with E-state index in [9.17, 15) is 17.6 Å². The number of benzene rings is 3. The standard InChI is InChI=1S/C18H11F4S/c19-12-6-8-17(15(21)10-12)23(14-4-2-1-3-5-14)18-9-7-13(20)11-16(18)22/h1-11H/q+1. The zero-order valence-electron chi connectivity index (χ0n) is 11.8. The average Bonchev–Trinajstić information content (AvgIpc) is 2.52. The van der Waals surface area contributed by atoms with Crippen molar-refractivity contribution in [2.75, 3.05) is 0 Å². The number of halogens is 4. The fourth-order valence-electron chi connectivity index (χ4n) is 2.21. The van der Waals surface area contributed by atoms with Crippen LogP contribution in [0.15, 0.2) is 81.4 Å². The van der Waals surface area contributed by atoms with E-state index in [0.29, 0.717) is 4.90 Å². The molecule has 0 unspecified atom stereocenters. The molecule has 0 nitrogen and oxygen atoms in total. The maximum absolute atomic E-state index is 14.3. The molecule has 3 aromatic carbocycles. The van der Waals surface area contributed by atoms with Crippen LogP contribution < -0.4 is 0 Å². The SMILES string of the molecule is Fc1ccc([S+](c2ccccc2)c2ccc(F)cc2F)c(F)c1. The maximum Gasteiger partial charge on any atom is 0.202 e. The summed E-state index contributed by atoms with van der Waals surface area (Å²) < 4.78 is 54.9. The van der Waals surface area contributed by atoms with Gasteiger partial charge in [-0.25, -0.2) is 17.6 Å². The minimum Gasteiger partial charge on any atom is -0.207 e. The molecule has 0 saturated heterocycles. The molecule has 0 saturated carbocycles. The highest BCUT2D eigenvalue weighted by atomic mass is 32.2. The minimum absolute atomic E-state index is 0.156. The van der Waals surface area contributed by atoms with Crippen LogP contribution in [-0.4, -0.2) is 0 Å². The Morgan fingerprint density at radius 2 is 1.04 bits per heavy atom. The van der Waals surface area contributed by atoms with Crippen LogP contribution in [-0.2, 0) is 10.9 Å². The van der Waals surface area contributed by atoms with E-state index in [1.54, 1.807) is 30.3 Å². The van der Waals surface area contributed by atoms with Crippen molar-refractivity contribution in [3.05, 3.63) is 90.0 Å². The van der Waals surface area contributed by atoms with Crippen LogP contribution in [0.1, 0.15) is 0 Å². The van der Waals surface area contributed by atoms with Gasteiger partial charge in [-0.1, -0.05) is 18.2 Å². The number of rotatable bonds is 3. The van der Waals surface area contributed by atoms with Crippen molar-refractivity contribution in [3.63, 3.8) is 0 Å². The topological polar surface area (TPSA) is 0 Å². The summed E-state index contributed by atoms with van der Waals surface area (Å²) in [6.07, 6.45) is 0. The van der Waals surface area contributed by atoms with Crippen molar-refractivity contribution in [2.24, 2.45) is 0 Å². The number of hydrogen-bond acceptors (Lipinski definition) is 0. The third-order valence-electron chi connectivity index (χ3n) is 3.21. The largest absolute Gasteiger partial charge is 0.207 e. The predicted octanol–water partition coefficient (Wildman–Crippen LogP) is 5.34. The van der Waals surface area contributed by atoms with Crippen LogP contribution >= 0.6 is 0 Å². The first-order valence-electron chi connectivity index (χ1n) is 6.76. The summed E-state index contributed by atoms with van der Waals surface area (Å²) in [4.78, 5) is 0.967. The first kappa shape index (κ1) is 15.6. The summed E-state index contributed by atoms with van der Waals surface area (Å²) in [6.45, 7) is 0. The molecule has 0 bridgehead atoms. The zero-order chi connectivity index (χ0) is 16.4. The van der Waals surface area contributed by atoms with Gasteiger partial charge in [0.25, 0.3) is 0 Å². The minimum atomic E-state index is -1.14. The number of hydrogen-bond donors (Lipinski definition) is 0. The molecule has 3 aromatic rings. The quantitative estimate of drug-likeness (QED) is 0.448. The highest BCUT2D eigenvalue weighted by Crippen LogP contribution is 2.34. The Bertz CT molecular complexity index is 782. The fourth-order valence-corrected chi connectivity index (χ4v) is 4.30. The molecule has 0 aliphatic carbocycles. The third-order valence-corrected chi connectivity index (χ3v) is 5.49. The molecule has 0 fully saturated rings.